The number of carbonyl (C=O) groups is 2. The highest BCUT2D eigenvalue weighted by atomic mass is 16.2. The topological polar surface area (TPSA) is 47.1 Å². The summed E-state index contributed by atoms with van der Waals surface area (Å²) in [5.74, 6) is 0.456. The van der Waals surface area contributed by atoms with Gasteiger partial charge in [0.05, 0.1) is 13.1 Å². The number of hydrogen-bond acceptors (Lipinski definition) is 4. The van der Waals surface area contributed by atoms with E-state index in [9.17, 15) is 9.59 Å². The Balaban J connectivity index is 1.24. The zero-order valence-corrected chi connectivity index (χ0v) is 15.4. The Morgan fingerprint density at radius 1 is 0.769 bits per heavy atom. The average Bonchev–Trinajstić information content (AvgIpc) is 3.33. The minimum atomic E-state index is 0.191. The molecule has 0 saturated carbocycles. The average molecular weight is 356 g/mol. The SMILES string of the molecule is O=C(CN1CCN(CC(=O)N2CCc3ccccc32)CC1)N1CCCC1. The third-order valence-corrected chi connectivity index (χ3v) is 5.83. The van der Waals surface area contributed by atoms with E-state index in [1.165, 1.54) is 5.56 Å². The van der Waals surface area contributed by atoms with Gasteiger partial charge in [0.2, 0.25) is 11.8 Å². The third kappa shape index (κ3) is 3.76. The van der Waals surface area contributed by atoms with Gasteiger partial charge >= 0.3 is 0 Å². The van der Waals surface area contributed by atoms with Crippen molar-refractivity contribution in [3.05, 3.63) is 29.8 Å². The summed E-state index contributed by atoms with van der Waals surface area (Å²) >= 11 is 0. The minimum absolute atomic E-state index is 0.191. The van der Waals surface area contributed by atoms with Crippen LogP contribution in [0.3, 0.4) is 0 Å². The summed E-state index contributed by atoms with van der Waals surface area (Å²) in [6.45, 7) is 7.08. The van der Waals surface area contributed by atoms with Crippen LogP contribution in [0.2, 0.25) is 0 Å². The highest BCUT2D eigenvalue weighted by Crippen LogP contribution is 2.27. The number of amides is 2. The summed E-state index contributed by atoms with van der Waals surface area (Å²) in [5, 5.41) is 0. The normalized spacial score (nSPS) is 21.2. The number of anilines is 1. The summed E-state index contributed by atoms with van der Waals surface area (Å²) in [4.78, 5) is 33.4. The van der Waals surface area contributed by atoms with E-state index >= 15 is 0 Å². The van der Waals surface area contributed by atoms with Gasteiger partial charge < -0.3 is 9.80 Å². The fourth-order valence-corrected chi connectivity index (χ4v) is 4.24. The fourth-order valence-electron chi connectivity index (χ4n) is 4.24. The molecule has 3 heterocycles. The van der Waals surface area contributed by atoms with Crippen LogP contribution in [0.1, 0.15) is 18.4 Å². The zero-order valence-electron chi connectivity index (χ0n) is 15.4. The number of rotatable bonds is 4. The molecule has 0 aliphatic carbocycles. The molecule has 0 spiro atoms. The van der Waals surface area contributed by atoms with Gasteiger partial charge in [0.15, 0.2) is 0 Å². The largest absolute Gasteiger partial charge is 0.342 e. The van der Waals surface area contributed by atoms with Crippen molar-refractivity contribution in [1.82, 2.24) is 14.7 Å². The lowest BCUT2D eigenvalue weighted by atomic mass is 10.2. The molecule has 0 atom stereocenters. The van der Waals surface area contributed by atoms with Crippen molar-refractivity contribution < 1.29 is 9.59 Å². The van der Waals surface area contributed by atoms with Crippen molar-refractivity contribution in [2.75, 3.05) is 63.8 Å². The lowest BCUT2D eigenvalue weighted by Crippen LogP contribution is -2.52. The van der Waals surface area contributed by atoms with Crippen LogP contribution in [0, 0.1) is 0 Å². The molecule has 0 unspecified atom stereocenters. The molecule has 2 saturated heterocycles. The number of hydrogen-bond donors (Lipinski definition) is 0. The number of piperazine rings is 1. The molecule has 1 aromatic carbocycles. The maximum atomic E-state index is 12.7. The molecule has 26 heavy (non-hydrogen) atoms. The van der Waals surface area contributed by atoms with Crippen LogP contribution in [0.25, 0.3) is 0 Å². The number of nitrogens with zero attached hydrogens (tertiary/aromatic N) is 4. The molecule has 0 radical (unpaired) electrons. The first kappa shape index (κ1) is 17.5. The molecule has 6 heteroatoms. The van der Waals surface area contributed by atoms with Crippen LogP contribution in [-0.4, -0.2) is 85.4 Å². The van der Waals surface area contributed by atoms with E-state index in [1.807, 2.05) is 28.0 Å². The van der Waals surface area contributed by atoms with E-state index in [0.717, 1.165) is 70.8 Å². The Bertz CT molecular complexity index is 664. The van der Waals surface area contributed by atoms with Crippen molar-refractivity contribution in [1.29, 1.82) is 0 Å². The van der Waals surface area contributed by atoms with E-state index in [4.69, 9.17) is 0 Å². The molecule has 1 aromatic rings. The molecule has 3 aliphatic rings. The van der Waals surface area contributed by atoms with E-state index in [2.05, 4.69) is 15.9 Å². The van der Waals surface area contributed by atoms with Crippen LogP contribution in [0.5, 0.6) is 0 Å². The van der Waals surface area contributed by atoms with Gasteiger partial charge in [0, 0.05) is 51.5 Å². The lowest BCUT2D eigenvalue weighted by molar-refractivity contribution is -0.132. The first-order valence-corrected chi connectivity index (χ1v) is 9.81. The Kier molecular flexibility index (Phi) is 5.22. The Morgan fingerprint density at radius 3 is 2.08 bits per heavy atom. The van der Waals surface area contributed by atoms with Crippen molar-refractivity contribution >= 4 is 17.5 Å². The van der Waals surface area contributed by atoms with Crippen molar-refractivity contribution in [2.45, 2.75) is 19.3 Å². The Labute approximate surface area is 155 Å². The molecule has 2 fully saturated rings. The summed E-state index contributed by atoms with van der Waals surface area (Å²) in [6.07, 6.45) is 3.23. The monoisotopic (exact) mass is 356 g/mol. The molecule has 2 amide bonds. The van der Waals surface area contributed by atoms with E-state index in [-0.39, 0.29) is 11.8 Å². The molecule has 6 nitrogen and oxygen atoms in total. The quantitative estimate of drug-likeness (QED) is 0.801. The van der Waals surface area contributed by atoms with Gasteiger partial charge in [-0.3, -0.25) is 19.4 Å². The van der Waals surface area contributed by atoms with Gasteiger partial charge in [-0.15, -0.1) is 0 Å². The van der Waals surface area contributed by atoms with Crippen LogP contribution >= 0.6 is 0 Å². The second-order valence-corrected chi connectivity index (χ2v) is 7.56. The molecule has 3 aliphatic heterocycles. The standard InChI is InChI=1S/C20H28N4O2/c25-19(23-8-3-4-9-23)15-21-11-13-22(14-12-21)16-20(26)24-10-7-17-5-1-2-6-18(17)24/h1-2,5-6H,3-4,7-16H2. The van der Waals surface area contributed by atoms with Crippen LogP contribution < -0.4 is 4.90 Å². The summed E-state index contributed by atoms with van der Waals surface area (Å²) in [6, 6.07) is 8.19. The van der Waals surface area contributed by atoms with Gasteiger partial charge in [-0.05, 0) is 30.9 Å². The first-order valence-electron chi connectivity index (χ1n) is 9.81. The highest BCUT2D eigenvalue weighted by Gasteiger charge is 2.28. The van der Waals surface area contributed by atoms with Crippen LogP contribution in [-0.2, 0) is 16.0 Å². The predicted octanol–water partition coefficient (Wildman–Crippen LogP) is 0.816. The van der Waals surface area contributed by atoms with Gasteiger partial charge in [0.1, 0.15) is 0 Å². The summed E-state index contributed by atoms with van der Waals surface area (Å²) in [7, 11) is 0. The number of carbonyl (C=O) groups excluding carboxylic acids is 2. The van der Waals surface area contributed by atoms with Gasteiger partial charge in [-0.25, -0.2) is 0 Å². The minimum Gasteiger partial charge on any atom is -0.342 e. The number of fused-ring (bicyclic) bond motifs is 1. The Morgan fingerprint density at radius 2 is 1.38 bits per heavy atom. The predicted molar refractivity (Wildman–Crippen MR) is 101 cm³/mol. The van der Waals surface area contributed by atoms with Crippen molar-refractivity contribution in [3.63, 3.8) is 0 Å². The Hall–Kier alpha value is -1.92. The van der Waals surface area contributed by atoms with Gasteiger partial charge in [0.25, 0.3) is 0 Å². The third-order valence-electron chi connectivity index (χ3n) is 5.83. The summed E-state index contributed by atoms with van der Waals surface area (Å²) in [5.41, 5.74) is 2.35. The van der Waals surface area contributed by atoms with Crippen molar-refractivity contribution in [2.24, 2.45) is 0 Å². The second kappa shape index (κ2) is 7.76. The van der Waals surface area contributed by atoms with Crippen LogP contribution in [0.4, 0.5) is 5.69 Å². The zero-order chi connectivity index (χ0) is 17.9. The molecular weight excluding hydrogens is 328 g/mol. The van der Waals surface area contributed by atoms with E-state index < -0.39 is 0 Å². The molecule has 0 aromatic heterocycles. The number of likely N-dealkylation sites (tertiary alicyclic amines) is 1. The smallest absolute Gasteiger partial charge is 0.241 e. The lowest BCUT2D eigenvalue weighted by Gasteiger charge is -2.35. The number of para-hydroxylation sites is 1. The van der Waals surface area contributed by atoms with Crippen molar-refractivity contribution in [3.8, 4) is 0 Å². The first-order chi connectivity index (χ1) is 12.7. The molecule has 140 valence electrons. The molecule has 0 N–H and O–H groups in total. The maximum absolute atomic E-state index is 12.7. The summed E-state index contributed by atoms with van der Waals surface area (Å²) < 4.78 is 0. The number of benzene rings is 1. The molecule has 0 bridgehead atoms. The highest BCUT2D eigenvalue weighted by molar-refractivity contribution is 5.96. The van der Waals surface area contributed by atoms with Gasteiger partial charge in [-0.1, -0.05) is 18.2 Å². The maximum Gasteiger partial charge on any atom is 0.241 e. The van der Waals surface area contributed by atoms with Gasteiger partial charge in [-0.2, -0.15) is 0 Å². The van der Waals surface area contributed by atoms with E-state index in [0.29, 0.717) is 13.1 Å². The molecular formula is C20H28N4O2. The van der Waals surface area contributed by atoms with E-state index in [1.54, 1.807) is 0 Å². The fraction of sp³-hybridized carbons (Fsp3) is 0.600. The second-order valence-electron chi connectivity index (χ2n) is 7.56. The van der Waals surface area contributed by atoms with Crippen LogP contribution in [0.15, 0.2) is 24.3 Å². The molecule has 4 rings (SSSR count).